The van der Waals surface area contributed by atoms with Gasteiger partial charge in [-0.25, -0.2) is 0 Å². The molecule has 0 heterocycles. The van der Waals surface area contributed by atoms with Crippen LogP contribution in [0.1, 0.15) is 51.0 Å². The first-order valence-corrected chi connectivity index (χ1v) is 12.4. The van der Waals surface area contributed by atoms with Gasteiger partial charge in [-0.3, -0.25) is 9.59 Å². The number of hydrogen-bond acceptors (Lipinski definition) is 3. The molecule has 2 aromatic carbocycles. The predicted octanol–water partition coefficient (Wildman–Crippen LogP) is 5.74. The van der Waals surface area contributed by atoms with Crippen LogP contribution >= 0.6 is 27.5 Å². The molecule has 1 aliphatic carbocycles. The fourth-order valence-electron chi connectivity index (χ4n) is 4.06. The molecule has 0 spiro atoms. The Morgan fingerprint density at radius 3 is 2.53 bits per heavy atom. The molecule has 3 rings (SSSR count). The minimum absolute atomic E-state index is 0.0867. The zero-order valence-electron chi connectivity index (χ0n) is 18.4. The molecule has 0 aliphatic heterocycles. The van der Waals surface area contributed by atoms with Crippen LogP contribution in [-0.2, 0) is 16.1 Å². The maximum absolute atomic E-state index is 13.3. The third-order valence-electron chi connectivity index (χ3n) is 5.78. The highest BCUT2D eigenvalue weighted by Crippen LogP contribution is 2.28. The Morgan fingerprint density at radius 2 is 1.88 bits per heavy atom. The molecule has 7 heteroatoms. The lowest BCUT2D eigenvalue weighted by atomic mass is 9.95. The summed E-state index contributed by atoms with van der Waals surface area (Å²) >= 11 is 9.40. The van der Waals surface area contributed by atoms with Gasteiger partial charge >= 0.3 is 0 Å². The topological polar surface area (TPSA) is 58.6 Å². The summed E-state index contributed by atoms with van der Waals surface area (Å²) in [5, 5.41) is 3.76. The van der Waals surface area contributed by atoms with Gasteiger partial charge in [-0.05, 0) is 59.0 Å². The molecule has 0 unspecified atom stereocenters. The molecule has 0 saturated heterocycles. The van der Waals surface area contributed by atoms with E-state index in [0.717, 1.165) is 31.2 Å². The average Bonchev–Trinajstić information content (AvgIpc) is 2.79. The van der Waals surface area contributed by atoms with Crippen molar-refractivity contribution in [2.45, 2.75) is 64.1 Å². The molecule has 0 radical (unpaired) electrons. The molecular formula is C25H30BrClN2O3. The smallest absolute Gasteiger partial charge is 0.261 e. The van der Waals surface area contributed by atoms with Crippen LogP contribution in [0.3, 0.4) is 0 Å². The Hall–Kier alpha value is -2.05. The molecular weight excluding hydrogens is 492 g/mol. The van der Waals surface area contributed by atoms with Crippen molar-refractivity contribution in [3.63, 3.8) is 0 Å². The van der Waals surface area contributed by atoms with Crippen LogP contribution < -0.4 is 10.1 Å². The summed E-state index contributed by atoms with van der Waals surface area (Å²) in [6, 6.07) is 14.5. The molecule has 172 valence electrons. The van der Waals surface area contributed by atoms with Crippen LogP contribution in [0.4, 0.5) is 0 Å². The van der Waals surface area contributed by atoms with E-state index in [2.05, 4.69) is 21.2 Å². The third kappa shape index (κ3) is 6.97. The Morgan fingerprint density at radius 1 is 1.16 bits per heavy atom. The number of ether oxygens (including phenoxy) is 1. The monoisotopic (exact) mass is 520 g/mol. The molecule has 1 fully saturated rings. The molecule has 2 amide bonds. The van der Waals surface area contributed by atoms with Gasteiger partial charge in [0.15, 0.2) is 6.61 Å². The standard InChI is InChI=1S/C25H30BrClN2O3/c1-2-22(25(31)28-20-11-7-4-8-12-20)29(16-18-9-5-3-6-10-18)24(30)17-32-23-14-13-19(27)15-21(23)26/h3,5-6,9-10,13-15,20,22H,2,4,7-8,11-12,16-17H2,1H3,(H,28,31)/t22-/m0/s1. The zero-order valence-corrected chi connectivity index (χ0v) is 20.7. The van der Waals surface area contributed by atoms with E-state index in [1.165, 1.54) is 6.42 Å². The number of carbonyl (C=O) groups excluding carboxylic acids is 2. The third-order valence-corrected chi connectivity index (χ3v) is 6.63. The fourth-order valence-corrected chi connectivity index (χ4v) is 4.86. The normalized spacial score (nSPS) is 15.1. The maximum atomic E-state index is 13.3. The summed E-state index contributed by atoms with van der Waals surface area (Å²) in [4.78, 5) is 28.1. The second-order valence-corrected chi connectivity index (χ2v) is 9.43. The number of rotatable bonds is 9. The lowest BCUT2D eigenvalue weighted by Gasteiger charge is -2.32. The van der Waals surface area contributed by atoms with Crippen molar-refractivity contribution in [3.05, 3.63) is 63.6 Å². The molecule has 1 aliphatic rings. The van der Waals surface area contributed by atoms with Crippen LogP contribution in [0.5, 0.6) is 5.75 Å². The van der Waals surface area contributed by atoms with Crippen LogP contribution in [-0.4, -0.2) is 35.4 Å². The number of halogens is 2. The van der Waals surface area contributed by atoms with E-state index in [0.29, 0.717) is 28.2 Å². The van der Waals surface area contributed by atoms with Crippen LogP contribution in [0.25, 0.3) is 0 Å². The summed E-state index contributed by atoms with van der Waals surface area (Å²) in [5.41, 5.74) is 0.970. The van der Waals surface area contributed by atoms with Gasteiger partial charge in [0.25, 0.3) is 5.91 Å². The van der Waals surface area contributed by atoms with Crippen molar-refractivity contribution in [2.75, 3.05) is 6.61 Å². The second kappa shape index (κ2) is 12.3. The fraction of sp³-hybridized carbons (Fsp3) is 0.440. The minimum atomic E-state index is -0.554. The van der Waals surface area contributed by atoms with E-state index in [4.69, 9.17) is 16.3 Å². The van der Waals surface area contributed by atoms with Gasteiger partial charge in [0.2, 0.25) is 5.91 Å². The van der Waals surface area contributed by atoms with Gasteiger partial charge < -0.3 is 15.0 Å². The summed E-state index contributed by atoms with van der Waals surface area (Å²) in [6.07, 6.45) is 6.03. The largest absolute Gasteiger partial charge is 0.483 e. The van der Waals surface area contributed by atoms with Crippen LogP contribution in [0.15, 0.2) is 53.0 Å². The van der Waals surface area contributed by atoms with Gasteiger partial charge in [0.1, 0.15) is 11.8 Å². The van der Waals surface area contributed by atoms with Gasteiger partial charge in [-0.15, -0.1) is 0 Å². The lowest BCUT2D eigenvalue weighted by molar-refractivity contribution is -0.143. The lowest BCUT2D eigenvalue weighted by Crippen LogP contribution is -2.52. The molecule has 0 bridgehead atoms. The highest BCUT2D eigenvalue weighted by molar-refractivity contribution is 9.10. The summed E-state index contributed by atoms with van der Waals surface area (Å²) in [5.74, 6) is 0.208. The van der Waals surface area contributed by atoms with Gasteiger partial charge in [-0.1, -0.05) is 68.1 Å². The summed E-state index contributed by atoms with van der Waals surface area (Å²) in [7, 11) is 0. The highest BCUT2D eigenvalue weighted by Gasteiger charge is 2.30. The zero-order chi connectivity index (χ0) is 22.9. The molecule has 2 aromatic rings. The summed E-state index contributed by atoms with van der Waals surface area (Å²) in [6.45, 7) is 2.12. The van der Waals surface area contributed by atoms with Crippen molar-refractivity contribution in [1.82, 2.24) is 10.2 Å². The van der Waals surface area contributed by atoms with Gasteiger partial charge in [0.05, 0.1) is 4.47 Å². The van der Waals surface area contributed by atoms with E-state index < -0.39 is 6.04 Å². The van der Waals surface area contributed by atoms with E-state index in [1.807, 2.05) is 37.3 Å². The van der Waals surface area contributed by atoms with Crippen LogP contribution in [0, 0.1) is 0 Å². The minimum Gasteiger partial charge on any atom is -0.483 e. The first kappa shape index (κ1) is 24.6. The molecule has 5 nitrogen and oxygen atoms in total. The maximum Gasteiger partial charge on any atom is 0.261 e. The van der Waals surface area contributed by atoms with Crippen molar-refractivity contribution in [2.24, 2.45) is 0 Å². The van der Waals surface area contributed by atoms with Gasteiger partial charge in [0, 0.05) is 17.6 Å². The Balaban J connectivity index is 1.74. The number of benzene rings is 2. The molecule has 0 aromatic heterocycles. The Labute approximate surface area is 203 Å². The van der Waals surface area contributed by atoms with Crippen LogP contribution in [0.2, 0.25) is 5.02 Å². The van der Waals surface area contributed by atoms with E-state index in [1.54, 1.807) is 23.1 Å². The number of hydrogen-bond donors (Lipinski definition) is 1. The van der Waals surface area contributed by atoms with Crippen molar-refractivity contribution >= 4 is 39.3 Å². The van der Waals surface area contributed by atoms with Gasteiger partial charge in [-0.2, -0.15) is 0 Å². The Bertz CT molecular complexity index is 903. The first-order chi connectivity index (χ1) is 15.5. The van der Waals surface area contributed by atoms with E-state index in [-0.39, 0.29) is 24.5 Å². The first-order valence-electron chi connectivity index (χ1n) is 11.2. The number of carbonyl (C=O) groups is 2. The quantitative estimate of drug-likeness (QED) is 0.458. The van der Waals surface area contributed by atoms with Crippen molar-refractivity contribution in [3.8, 4) is 5.75 Å². The molecule has 1 saturated carbocycles. The summed E-state index contributed by atoms with van der Waals surface area (Å²) < 4.78 is 6.44. The number of nitrogens with zero attached hydrogens (tertiary/aromatic N) is 1. The molecule has 32 heavy (non-hydrogen) atoms. The van der Waals surface area contributed by atoms with Crippen molar-refractivity contribution < 1.29 is 14.3 Å². The second-order valence-electron chi connectivity index (χ2n) is 8.14. The number of nitrogens with one attached hydrogen (secondary N) is 1. The highest BCUT2D eigenvalue weighted by atomic mass is 79.9. The Kier molecular flexibility index (Phi) is 9.42. The predicted molar refractivity (Wildman–Crippen MR) is 131 cm³/mol. The average molecular weight is 522 g/mol. The molecule has 1 atom stereocenters. The van der Waals surface area contributed by atoms with Crippen molar-refractivity contribution in [1.29, 1.82) is 0 Å². The molecule has 1 N–H and O–H groups in total. The number of amides is 2. The van der Waals surface area contributed by atoms with E-state index >= 15 is 0 Å². The SMILES string of the molecule is CC[C@@H](C(=O)NC1CCCCC1)N(Cc1ccccc1)C(=O)COc1ccc(Cl)cc1Br. The van der Waals surface area contributed by atoms with E-state index in [9.17, 15) is 9.59 Å².